The van der Waals surface area contributed by atoms with Gasteiger partial charge in [0.05, 0.1) is 44.5 Å². The number of nitrogens with zero attached hydrogens (tertiary/aromatic N) is 5. The Morgan fingerprint density at radius 2 is 2.06 bits per heavy atom. The Kier molecular flexibility index (Phi) is 7.08. The van der Waals surface area contributed by atoms with Crippen LogP contribution in [0.1, 0.15) is 28.8 Å². The number of carbonyl (C=O) groups is 1. The predicted octanol–water partition coefficient (Wildman–Crippen LogP) is 1.94. The lowest BCUT2D eigenvalue weighted by molar-refractivity contribution is 0.0301. The summed E-state index contributed by atoms with van der Waals surface area (Å²) in [5.41, 5.74) is 0.805. The van der Waals surface area contributed by atoms with Crippen molar-refractivity contribution in [2.45, 2.75) is 25.4 Å². The van der Waals surface area contributed by atoms with E-state index in [1.165, 1.54) is 11.7 Å². The monoisotopic (exact) mass is 513 g/mol. The average molecular weight is 514 g/mol. The lowest BCUT2D eigenvalue weighted by Gasteiger charge is -2.27. The number of aromatic nitrogens is 3. The van der Waals surface area contributed by atoms with Crippen LogP contribution in [-0.2, 0) is 11.3 Å². The van der Waals surface area contributed by atoms with Crippen LogP contribution in [0, 0.1) is 0 Å². The molecule has 0 aliphatic carbocycles. The van der Waals surface area contributed by atoms with Crippen molar-refractivity contribution in [3.63, 3.8) is 0 Å². The number of benzene rings is 1. The molecule has 0 saturated carbocycles. The number of ether oxygens (including phenoxy) is 2. The van der Waals surface area contributed by atoms with Crippen LogP contribution in [-0.4, -0.2) is 83.1 Å². The van der Waals surface area contributed by atoms with Gasteiger partial charge in [-0.15, -0.1) is 0 Å². The molecule has 5 rings (SSSR count). The molecule has 2 fully saturated rings. The van der Waals surface area contributed by atoms with Crippen molar-refractivity contribution >= 4 is 34.5 Å². The molecule has 1 amide bonds. The molecule has 11 heteroatoms. The molecule has 1 aromatic carbocycles. The van der Waals surface area contributed by atoms with Crippen LogP contribution in [0.15, 0.2) is 35.3 Å². The number of hydrogen-bond acceptors (Lipinski definition) is 8. The SMILES string of the molecule is COc1ccc(Cn2c(=O)c(C(=O)N3CCOCC3)cc3cnc(N4CCCC4CO)nc32)cc1Cl. The summed E-state index contributed by atoms with van der Waals surface area (Å²) in [6, 6.07) is 6.81. The van der Waals surface area contributed by atoms with Crippen LogP contribution in [0.25, 0.3) is 11.0 Å². The Morgan fingerprint density at radius 1 is 1.25 bits per heavy atom. The first-order valence-electron chi connectivity index (χ1n) is 12.0. The molecule has 2 aliphatic heterocycles. The summed E-state index contributed by atoms with van der Waals surface area (Å²) in [6.45, 7) is 2.62. The zero-order valence-corrected chi connectivity index (χ0v) is 20.8. The van der Waals surface area contributed by atoms with Crippen molar-refractivity contribution in [3.8, 4) is 5.75 Å². The van der Waals surface area contributed by atoms with Crippen molar-refractivity contribution in [3.05, 3.63) is 57.0 Å². The van der Waals surface area contributed by atoms with Crippen LogP contribution in [0.4, 0.5) is 5.95 Å². The van der Waals surface area contributed by atoms with Crippen LogP contribution in [0.2, 0.25) is 5.02 Å². The van der Waals surface area contributed by atoms with Crippen LogP contribution < -0.4 is 15.2 Å². The first kappa shape index (κ1) is 24.5. The maximum absolute atomic E-state index is 13.7. The molecular formula is C25H28ClN5O5. The van der Waals surface area contributed by atoms with Gasteiger partial charge in [-0.1, -0.05) is 17.7 Å². The Morgan fingerprint density at radius 3 is 2.78 bits per heavy atom. The third-order valence-electron chi connectivity index (χ3n) is 6.74. The largest absolute Gasteiger partial charge is 0.495 e. The summed E-state index contributed by atoms with van der Waals surface area (Å²) in [6.07, 6.45) is 3.41. The van der Waals surface area contributed by atoms with Crippen molar-refractivity contribution in [1.29, 1.82) is 0 Å². The Labute approximate surface area is 213 Å². The van der Waals surface area contributed by atoms with Crippen LogP contribution in [0.5, 0.6) is 5.75 Å². The van der Waals surface area contributed by atoms with Gasteiger partial charge in [0, 0.05) is 31.2 Å². The smallest absolute Gasteiger partial charge is 0.265 e. The highest BCUT2D eigenvalue weighted by atomic mass is 35.5. The number of pyridine rings is 1. The topological polar surface area (TPSA) is 110 Å². The quantitative estimate of drug-likeness (QED) is 0.532. The molecule has 2 aromatic heterocycles. The van der Waals surface area contributed by atoms with Gasteiger partial charge < -0.3 is 24.4 Å². The van der Waals surface area contributed by atoms with E-state index in [0.717, 1.165) is 24.9 Å². The van der Waals surface area contributed by atoms with Gasteiger partial charge in [-0.2, -0.15) is 4.98 Å². The molecule has 2 aliphatic rings. The van der Waals surface area contributed by atoms with Gasteiger partial charge in [0.25, 0.3) is 11.5 Å². The van der Waals surface area contributed by atoms with Gasteiger partial charge in [-0.05, 0) is 36.6 Å². The molecule has 3 aromatic rings. The molecule has 0 spiro atoms. The van der Waals surface area contributed by atoms with E-state index in [9.17, 15) is 14.7 Å². The highest BCUT2D eigenvalue weighted by Gasteiger charge is 2.28. The molecule has 1 unspecified atom stereocenters. The van der Waals surface area contributed by atoms with Crippen molar-refractivity contribution in [2.24, 2.45) is 0 Å². The molecule has 4 heterocycles. The van der Waals surface area contributed by atoms with Crippen LogP contribution in [0.3, 0.4) is 0 Å². The van der Waals surface area contributed by atoms with E-state index >= 15 is 0 Å². The fourth-order valence-corrected chi connectivity index (χ4v) is 5.08. The molecule has 36 heavy (non-hydrogen) atoms. The molecule has 1 N–H and O–H groups in total. The number of aliphatic hydroxyl groups excluding tert-OH is 1. The van der Waals surface area contributed by atoms with Gasteiger partial charge in [0.15, 0.2) is 0 Å². The molecular weight excluding hydrogens is 486 g/mol. The maximum atomic E-state index is 13.7. The molecule has 10 nitrogen and oxygen atoms in total. The molecule has 190 valence electrons. The van der Waals surface area contributed by atoms with E-state index in [-0.39, 0.29) is 30.7 Å². The zero-order valence-electron chi connectivity index (χ0n) is 20.0. The van der Waals surface area contributed by atoms with Crippen molar-refractivity contribution in [1.82, 2.24) is 19.4 Å². The lowest BCUT2D eigenvalue weighted by Crippen LogP contribution is -2.43. The van der Waals surface area contributed by atoms with E-state index in [2.05, 4.69) is 4.98 Å². The van der Waals surface area contributed by atoms with E-state index in [0.29, 0.717) is 54.1 Å². The number of morpholine rings is 1. The van der Waals surface area contributed by atoms with E-state index in [1.54, 1.807) is 29.3 Å². The third kappa shape index (κ3) is 4.63. The number of rotatable bonds is 6. The highest BCUT2D eigenvalue weighted by Crippen LogP contribution is 2.27. The Balaban J connectivity index is 1.63. The predicted molar refractivity (Wildman–Crippen MR) is 135 cm³/mol. The van der Waals surface area contributed by atoms with E-state index < -0.39 is 5.56 Å². The molecule has 2 saturated heterocycles. The van der Waals surface area contributed by atoms with Gasteiger partial charge >= 0.3 is 0 Å². The number of amides is 1. The average Bonchev–Trinajstić information content (AvgIpc) is 3.39. The minimum absolute atomic E-state index is 0.00549. The second-order valence-corrected chi connectivity index (χ2v) is 9.35. The second kappa shape index (κ2) is 10.4. The normalized spacial score (nSPS) is 18.1. The highest BCUT2D eigenvalue weighted by molar-refractivity contribution is 6.32. The summed E-state index contributed by atoms with van der Waals surface area (Å²) in [7, 11) is 1.54. The van der Waals surface area contributed by atoms with Gasteiger partial charge in [-0.25, -0.2) is 4.98 Å². The summed E-state index contributed by atoms with van der Waals surface area (Å²) < 4.78 is 12.1. The molecule has 0 bridgehead atoms. The van der Waals surface area contributed by atoms with Gasteiger partial charge in [0.2, 0.25) is 5.95 Å². The lowest BCUT2D eigenvalue weighted by atomic mass is 10.1. The fourth-order valence-electron chi connectivity index (χ4n) is 4.80. The Bertz CT molecular complexity index is 1340. The Hall–Kier alpha value is -3.21. The summed E-state index contributed by atoms with van der Waals surface area (Å²) in [5, 5.41) is 10.8. The molecule has 0 radical (unpaired) electrons. The number of carbonyl (C=O) groups excluding carboxylic acids is 1. The number of anilines is 1. The van der Waals surface area contributed by atoms with Crippen molar-refractivity contribution < 1.29 is 19.4 Å². The minimum atomic E-state index is -0.435. The van der Waals surface area contributed by atoms with Gasteiger partial charge in [0.1, 0.15) is 17.0 Å². The number of aliphatic hydroxyl groups is 1. The van der Waals surface area contributed by atoms with Crippen molar-refractivity contribution in [2.75, 3.05) is 51.5 Å². The van der Waals surface area contributed by atoms with E-state index in [4.69, 9.17) is 26.1 Å². The maximum Gasteiger partial charge on any atom is 0.265 e. The third-order valence-corrected chi connectivity index (χ3v) is 7.04. The summed E-state index contributed by atoms with van der Waals surface area (Å²) in [4.78, 5) is 39.9. The van der Waals surface area contributed by atoms with E-state index in [1.807, 2.05) is 11.0 Å². The van der Waals surface area contributed by atoms with Crippen LogP contribution >= 0.6 is 11.6 Å². The first-order chi connectivity index (χ1) is 17.5. The first-order valence-corrected chi connectivity index (χ1v) is 12.4. The molecule has 1 atom stereocenters. The van der Waals surface area contributed by atoms with Gasteiger partial charge in [-0.3, -0.25) is 14.2 Å². The summed E-state index contributed by atoms with van der Waals surface area (Å²) in [5.74, 6) is 0.644. The zero-order chi connectivity index (χ0) is 25.2. The number of halogens is 1. The minimum Gasteiger partial charge on any atom is -0.495 e. The fraction of sp³-hybridized carbons (Fsp3) is 0.440. The standard InChI is InChI=1S/C25H28ClN5O5/c1-35-21-5-4-16(11-20(21)26)14-31-22-17(13-27-25(28-22)30-6-2-3-18(30)15-32)12-19(24(31)34)23(33)29-7-9-36-10-8-29/h4-5,11-13,18,32H,2-3,6-10,14-15H2,1H3. The number of hydrogen-bond donors (Lipinski definition) is 1. The number of methoxy groups -OCH3 is 1. The second-order valence-electron chi connectivity index (χ2n) is 8.94. The number of fused-ring (bicyclic) bond motifs is 1. The summed E-state index contributed by atoms with van der Waals surface area (Å²) >= 11 is 6.34.